The summed E-state index contributed by atoms with van der Waals surface area (Å²) in [5, 5.41) is 4.16. The molecule has 3 rings (SSSR count). The summed E-state index contributed by atoms with van der Waals surface area (Å²) in [5.41, 5.74) is 10.7. The summed E-state index contributed by atoms with van der Waals surface area (Å²) in [7, 11) is 0. The number of aromatic nitrogens is 1. The van der Waals surface area contributed by atoms with Crippen LogP contribution in [0, 0.1) is 27.7 Å². The topological polar surface area (TPSA) is 46.4 Å². The molecule has 1 heterocycles. The van der Waals surface area contributed by atoms with Gasteiger partial charge in [-0.2, -0.15) is 5.10 Å². The molecule has 1 aromatic heterocycles. The van der Waals surface area contributed by atoms with Crippen molar-refractivity contribution in [2.75, 3.05) is 5.75 Å². The van der Waals surface area contributed by atoms with E-state index in [-0.39, 0.29) is 5.91 Å². The van der Waals surface area contributed by atoms with Crippen molar-refractivity contribution in [1.29, 1.82) is 0 Å². The summed E-state index contributed by atoms with van der Waals surface area (Å²) in [6, 6.07) is 16.7. The summed E-state index contributed by atoms with van der Waals surface area (Å²) in [4.78, 5) is 12.1. The molecule has 0 saturated heterocycles. The van der Waals surface area contributed by atoms with Crippen LogP contribution in [0.3, 0.4) is 0 Å². The van der Waals surface area contributed by atoms with Crippen molar-refractivity contribution >= 4 is 39.8 Å². The Labute approximate surface area is 190 Å². The molecular formula is C24H26BrN3OS. The van der Waals surface area contributed by atoms with Gasteiger partial charge in [0, 0.05) is 32.9 Å². The second-order valence-electron chi connectivity index (χ2n) is 7.35. The summed E-state index contributed by atoms with van der Waals surface area (Å²) in [6.45, 7) is 8.39. The highest BCUT2D eigenvalue weighted by Gasteiger charge is 2.10. The Kier molecular flexibility index (Phi) is 7.56. The molecule has 4 nitrogen and oxygen atoms in total. The molecule has 0 aliphatic rings. The zero-order valence-corrected chi connectivity index (χ0v) is 20.1. The smallest absolute Gasteiger partial charge is 0.250 e. The maximum absolute atomic E-state index is 12.1. The van der Waals surface area contributed by atoms with E-state index in [4.69, 9.17) is 0 Å². The Balaban J connectivity index is 1.58. The Hall–Kier alpha value is -2.31. The van der Waals surface area contributed by atoms with Gasteiger partial charge in [-0.05, 0) is 74.7 Å². The number of carbonyl (C=O) groups excluding carboxylic acids is 1. The van der Waals surface area contributed by atoms with Crippen LogP contribution in [0.15, 0.2) is 58.1 Å². The molecule has 3 aromatic rings. The van der Waals surface area contributed by atoms with E-state index in [0.29, 0.717) is 5.75 Å². The molecule has 156 valence electrons. The molecule has 0 bridgehead atoms. The van der Waals surface area contributed by atoms with Crippen LogP contribution >= 0.6 is 27.7 Å². The Morgan fingerprint density at radius 3 is 2.63 bits per heavy atom. The van der Waals surface area contributed by atoms with Gasteiger partial charge in [0.05, 0.1) is 12.0 Å². The van der Waals surface area contributed by atoms with Gasteiger partial charge in [-0.3, -0.25) is 4.79 Å². The number of hydrogen-bond donors (Lipinski definition) is 1. The van der Waals surface area contributed by atoms with E-state index in [2.05, 4.69) is 95.1 Å². The van der Waals surface area contributed by atoms with Gasteiger partial charge in [-0.15, -0.1) is 11.8 Å². The van der Waals surface area contributed by atoms with Gasteiger partial charge in [-0.1, -0.05) is 34.1 Å². The lowest BCUT2D eigenvalue weighted by Gasteiger charge is -2.11. The third kappa shape index (κ3) is 5.64. The lowest BCUT2D eigenvalue weighted by molar-refractivity contribution is -0.118. The minimum atomic E-state index is -0.103. The minimum absolute atomic E-state index is 0.103. The number of nitrogens with one attached hydrogen (secondary N) is 1. The second kappa shape index (κ2) is 10.1. The van der Waals surface area contributed by atoms with Gasteiger partial charge in [0.15, 0.2) is 0 Å². The Morgan fingerprint density at radius 2 is 1.90 bits per heavy atom. The maximum atomic E-state index is 12.1. The first-order chi connectivity index (χ1) is 14.3. The van der Waals surface area contributed by atoms with Gasteiger partial charge < -0.3 is 4.57 Å². The molecule has 0 aliphatic heterocycles. The summed E-state index contributed by atoms with van der Waals surface area (Å²) in [5.74, 6) is 1.05. The highest BCUT2D eigenvalue weighted by atomic mass is 79.9. The Morgan fingerprint density at radius 1 is 1.10 bits per heavy atom. The van der Waals surface area contributed by atoms with Gasteiger partial charge in [0.25, 0.3) is 0 Å². The zero-order chi connectivity index (χ0) is 21.7. The van der Waals surface area contributed by atoms with Crippen LogP contribution in [0.5, 0.6) is 0 Å². The van der Waals surface area contributed by atoms with E-state index < -0.39 is 0 Å². The third-order valence-corrected chi connectivity index (χ3v) is 6.50. The normalized spacial score (nSPS) is 11.2. The number of benzene rings is 2. The third-order valence-electron chi connectivity index (χ3n) is 5.00. The number of hydrazone groups is 1. The van der Waals surface area contributed by atoms with Crippen LogP contribution in [-0.4, -0.2) is 22.4 Å². The van der Waals surface area contributed by atoms with Crippen LogP contribution < -0.4 is 5.43 Å². The number of halogens is 1. The second-order valence-corrected chi connectivity index (χ2v) is 9.25. The fourth-order valence-electron chi connectivity index (χ4n) is 3.27. The van der Waals surface area contributed by atoms with Crippen LogP contribution in [0.2, 0.25) is 0 Å². The van der Waals surface area contributed by atoms with E-state index >= 15 is 0 Å². The molecule has 1 amide bonds. The number of carbonyl (C=O) groups is 1. The van der Waals surface area contributed by atoms with E-state index in [1.807, 2.05) is 12.1 Å². The number of hydrogen-bond acceptors (Lipinski definition) is 3. The van der Waals surface area contributed by atoms with Gasteiger partial charge in [-0.25, -0.2) is 5.43 Å². The molecule has 0 saturated carbocycles. The van der Waals surface area contributed by atoms with Crippen molar-refractivity contribution in [3.8, 4) is 5.69 Å². The molecule has 2 aromatic carbocycles. The SMILES string of the molecule is Cc1ccc(-n2c(C)cc(C=NNC(=O)CSCc3cccc(Br)c3)c2C)cc1C. The summed E-state index contributed by atoms with van der Waals surface area (Å²) < 4.78 is 3.26. The van der Waals surface area contributed by atoms with Crippen molar-refractivity contribution in [3.63, 3.8) is 0 Å². The number of aryl methyl sites for hydroxylation is 3. The zero-order valence-electron chi connectivity index (χ0n) is 17.7. The molecule has 0 fully saturated rings. The number of thioether (sulfide) groups is 1. The fourth-order valence-corrected chi connectivity index (χ4v) is 4.49. The van der Waals surface area contributed by atoms with Crippen LogP contribution in [0.25, 0.3) is 5.69 Å². The molecule has 1 N–H and O–H groups in total. The van der Waals surface area contributed by atoms with E-state index in [1.54, 1.807) is 18.0 Å². The van der Waals surface area contributed by atoms with Crippen LogP contribution in [0.1, 0.15) is 33.6 Å². The van der Waals surface area contributed by atoms with Gasteiger partial charge in [0.1, 0.15) is 0 Å². The van der Waals surface area contributed by atoms with Crippen molar-refractivity contribution < 1.29 is 4.79 Å². The molecular weight excluding hydrogens is 458 g/mol. The highest BCUT2D eigenvalue weighted by Crippen LogP contribution is 2.22. The first-order valence-corrected chi connectivity index (χ1v) is 11.7. The number of nitrogens with zero attached hydrogens (tertiary/aromatic N) is 2. The van der Waals surface area contributed by atoms with Crippen molar-refractivity contribution in [1.82, 2.24) is 9.99 Å². The lowest BCUT2D eigenvalue weighted by atomic mass is 10.1. The summed E-state index contributed by atoms with van der Waals surface area (Å²) in [6.07, 6.45) is 1.72. The average molecular weight is 484 g/mol. The maximum Gasteiger partial charge on any atom is 0.250 e. The van der Waals surface area contributed by atoms with Crippen molar-refractivity contribution in [2.45, 2.75) is 33.4 Å². The van der Waals surface area contributed by atoms with E-state index in [1.165, 1.54) is 16.7 Å². The van der Waals surface area contributed by atoms with Crippen LogP contribution in [0.4, 0.5) is 0 Å². The number of amides is 1. The summed E-state index contributed by atoms with van der Waals surface area (Å²) >= 11 is 5.03. The molecule has 0 spiro atoms. The molecule has 0 radical (unpaired) electrons. The Bertz CT molecular complexity index is 1090. The predicted molar refractivity (Wildman–Crippen MR) is 131 cm³/mol. The molecule has 0 atom stereocenters. The first kappa shape index (κ1) is 22.4. The van der Waals surface area contributed by atoms with Gasteiger partial charge >= 0.3 is 0 Å². The number of rotatable bonds is 7. The van der Waals surface area contributed by atoms with Gasteiger partial charge in [0.2, 0.25) is 5.91 Å². The fraction of sp³-hybridized carbons (Fsp3) is 0.250. The standard InChI is InChI=1S/C24H26BrN3OS/c1-16-8-9-23(10-17(16)2)28-18(3)11-21(19(28)4)13-26-27-24(29)15-30-14-20-6-5-7-22(25)12-20/h5-13H,14-15H2,1-4H3,(H,27,29). The first-order valence-electron chi connectivity index (χ1n) is 9.76. The van der Waals surface area contributed by atoms with Crippen LogP contribution in [-0.2, 0) is 10.5 Å². The molecule has 0 aliphatic carbocycles. The largest absolute Gasteiger partial charge is 0.318 e. The molecule has 30 heavy (non-hydrogen) atoms. The van der Waals surface area contributed by atoms with Crippen molar-refractivity contribution in [2.24, 2.45) is 5.10 Å². The van der Waals surface area contributed by atoms with E-state index in [9.17, 15) is 4.79 Å². The average Bonchev–Trinajstić information content (AvgIpc) is 2.97. The molecule has 6 heteroatoms. The molecule has 0 unspecified atom stereocenters. The monoisotopic (exact) mass is 483 g/mol. The highest BCUT2D eigenvalue weighted by molar-refractivity contribution is 9.10. The quantitative estimate of drug-likeness (QED) is 0.338. The van der Waals surface area contributed by atoms with Crippen molar-refractivity contribution in [3.05, 3.63) is 86.6 Å². The predicted octanol–water partition coefficient (Wildman–Crippen LogP) is 5.86. The van der Waals surface area contributed by atoms with E-state index in [0.717, 1.165) is 32.9 Å². The lowest BCUT2D eigenvalue weighted by Crippen LogP contribution is -2.19. The minimum Gasteiger partial charge on any atom is -0.318 e.